The van der Waals surface area contributed by atoms with E-state index in [1.54, 1.807) is 20.4 Å². The second-order valence-corrected chi connectivity index (χ2v) is 6.06. The molecule has 0 spiro atoms. The van der Waals surface area contributed by atoms with Crippen LogP contribution in [0.3, 0.4) is 0 Å². The van der Waals surface area contributed by atoms with E-state index in [-0.39, 0.29) is 6.04 Å². The Labute approximate surface area is 153 Å². The quantitative estimate of drug-likeness (QED) is 0.731. The van der Waals surface area contributed by atoms with Crippen LogP contribution in [0.1, 0.15) is 29.9 Å². The minimum absolute atomic E-state index is 0.00879. The number of nitrogens with zero attached hydrogens (tertiary/aromatic N) is 4. The van der Waals surface area contributed by atoms with Gasteiger partial charge in [-0.25, -0.2) is 9.67 Å². The van der Waals surface area contributed by atoms with Crippen LogP contribution in [0.2, 0.25) is 0 Å². The molecule has 0 amide bonds. The number of aromatic nitrogens is 4. The summed E-state index contributed by atoms with van der Waals surface area (Å²) in [6, 6.07) is 9.67. The summed E-state index contributed by atoms with van der Waals surface area (Å²) in [7, 11) is 3.25. The van der Waals surface area contributed by atoms with Gasteiger partial charge in [-0.1, -0.05) is 6.07 Å². The van der Waals surface area contributed by atoms with Gasteiger partial charge in [0, 0.05) is 18.0 Å². The standard InChI is InChI=1S/C19H23N5O2/c1-12-10-13(2)24(23-12)18-8-9-20-19(22-18)21-14(3)15-6-7-16(25-4)17(11-15)26-5/h6-11,14H,1-5H3,(H,20,21,22)/t14-/m0/s1. The van der Waals surface area contributed by atoms with Crippen LogP contribution < -0.4 is 14.8 Å². The average Bonchev–Trinajstić information content (AvgIpc) is 2.99. The zero-order chi connectivity index (χ0) is 18.7. The van der Waals surface area contributed by atoms with E-state index in [9.17, 15) is 0 Å². The topological polar surface area (TPSA) is 74.1 Å². The van der Waals surface area contributed by atoms with Gasteiger partial charge in [-0.05, 0) is 44.5 Å². The Bertz CT molecular complexity index is 907. The molecule has 0 fully saturated rings. The fourth-order valence-electron chi connectivity index (χ4n) is 2.80. The molecule has 3 aromatic rings. The van der Waals surface area contributed by atoms with Crippen LogP contribution in [0.25, 0.3) is 5.82 Å². The van der Waals surface area contributed by atoms with E-state index >= 15 is 0 Å². The molecule has 3 rings (SSSR count). The Morgan fingerprint density at radius 2 is 1.81 bits per heavy atom. The van der Waals surface area contributed by atoms with Crippen molar-refractivity contribution in [2.75, 3.05) is 19.5 Å². The Kier molecular flexibility index (Phi) is 5.06. The van der Waals surface area contributed by atoms with Crippen molar-refractivity contribution in [3.8, 4) is 17.3 Å². The first-order chi connectivity index (χ1) is 12.5. The Morgan fingerprint density at radius 1 is 1.04 bits per heavy atom. The summed E-state index contributed by atoms with van der Waals surface area (Å²) in [6.45, 7) is 6.01. The molecule has 1 aromatic carbocycles. The molecule has 0 aliphatic rings. The molecule has 1 atom stereocenters. The van der Waals surface area contributed by atoms with Crippen LogP contribution in [0, 0.1) is 13.8 Å². The molecular weight excluding hydrogens is 330 g/mol. The summed E-state index contributed by atoms with van der Waals surface area (Å²) in [5.74, 6) is 2.66. The maximum Gasteiger partial charge on any atom is 0.225 e. The Balaban J connectivity index is 1.83. The predicted molar refractivity (Wildman–Crippen MR) is 100 cm³/mol. The van der Waals surface area contributed by atoms with Crippen molar-refractivity contribution >= 4 is 5.95 Å². The zero-order valence-corrected chi connectivity index (χ0v) is 15.6. The lowest BCUT2D eigenvalue weighted by Gasteiger charge is -2.17. The van der Waals surface area contributed by atoms with Gasteiger partial charge in [0.15, 0.2) is 17.3 Å². The van der Waals surface area contributed by atoms with Crippen molar-refractivity contribution in [2.45, 2.75) is 26.8 Å². The summed E-state index contributed by atoms with van der Waals surface area (Å²) < 4.78 is 12.5. The largest absolute Gasteiger partial charge is 0.493 e. The van der Waals surface area contributed by atoms with E-state index in [0.29, 0.717) is 17.4 Å². The number of aryl methyl sites for hydroxylation is 2. The first-order valence-electron chi connectivity index (χ1n) is 8.37. The first kappa shape index (κ1) is 17.7. The molecule has 136 valence electrons. The number of benzene rings is 1. The molecule has 0 radical (unpaired) electrons. The third-order valence-corrected chi connectivity index (χ3v) is 4.12. The highest BCUT2D eigenvalue weighted by Crippen LogP contribution is 2.30. The number of nitrogens with one attached hydrogen (secondary N) is 1. The van der Waals surface area contributed by atoms with Gasteiger partial charge in [0.2, 0.25) is 5.95 Å². The average molecular weight is 353 g/mol. The molecule has 2 aromatic heterocycles. The summed E-state index contributed by atoms with van der Waals surface area (Å²) in [4.78, 5) is 8.91. The molecular formula is C19H23N5O2. The molecule has 1 N–H and O–H groups in total. The molecule has 0 saturated heterocycles. The number of hydrogen-bond acceptors (Lipinski definition) is 6. The fraction of sp³-hybridized carbons (Fsp3) is 0.316. The van der Waals surface area contributed by atoms with E-state index < -0.39 is 0 Å². The smallest absolute Gasteiger partial charge is 0.225 e. The number of hydrogen-bond donors (Lipinski definition) is 1. The monoisotopic (exact) mass is 353 g/mol. The van der Waals surface area contributed by atoms with Crippen LogP contribution in [-0.4, -0.2) is 34.0 Å². The van der Waals surface area contributed by atoms with E-state index in [0.717, 1.165) is 22.8 Å². The van der Waals surface area contributed by atoms with Gasteiger partial charge >= 0.3 is 0 Å². The van der Waals surface area contributed by atoms with Gasteiger partial charge in [0.25, 0.3) is 0 Å². The van der Waals surface area contributed by atoms with E-state index in [4.69, 9.17) is 9.47 Å². The van der Waals surface area contributed by atoms with Gasteiger partial charge in [-0.15, -0.1) is 0 Å². The lowest BCUT2D eigenvalue weighted by Crippen LogP contribution is -2.11. The highest BCUT2D eigenvalue weighted by Gasteiger charge is 2.12. The predicted octanol–water partition coefficient (Wildman–Crippen LogP) is 3.47. The minimum atomic E-state index is -0.00879. The maximum absolute atomic E-state index is 5.37. The first-order valence-corrected chi connectivity index (χ1v) is 8.37. The van der Waals surface area contributed by atoms with Gasteiger partial charge in [0.05, 0.1) is 26.0 Å². The molecule has 0 aliphatic carbocycles. The molecule has 0 aliphatic heterocycles. The molecule has 7 nitrogen and oxygen atoms in total. The lowest BCUT2D eigenvalue weighted by atomic mass is 10.1. The van der Waals surface area contributed by atoms with Crippen molar-refractivity contribution in [1.82, 2.24) is 19.7 Å². The van der Waals surface area contributed by atoms with Crippen molar-refractivity contribution in [1.29, 1.82) is 0 Å². The van der Waals surface area contributed by atoms with Crippen LogP contribution in [0.4, 0.5) is 5.95 Å². The molecule has 0 unspecified atom stereocenters. The second-order valence-electron chi connectivity index (χ2n) is 6.06. The second kappa shape index (κ2) is 7.43. The number of anilines is 1. The fourth-order valence-corrected chi connectivity index (χ4v) is 2.80. The Morgan fingerprint density at radius 3 is 2.46 bits per heavy atom. The highest BCUT2D eigenvalue weighted by atomic mass is 16.5. The molecule has 0 saturated carbocycles. The zero-order valence-electron chi connectivity index (χ0n) is 15.6. The number of ether oxygens (including phenoxy) is 2. The Hall–Kier alpha value is -3.09. The van der Waals surface area contributed by atoms with Crippen molar-refractivity contribution in [2.24, 2.45) is 0 Å². The highest BCUT2D eigenvalue weighted by molar-refractivity contribution is 5.45. The number of methoxy groups -OCH3 is 2. The van der Waals surface area contributed by atoms with E-state index in [1.807, 2.05) is 55.8 Å². The summed E-state index contributed by atoms with van der Waals surface area (Å²) in [6.07, 6.45) is 1.72. The number of rotatable bonds is 6. The normalized spacial score (nSPS) is 11.9. The van der Waals surface area contributed by atoms with E-state index in [2.05, 4.69) is 20.4 Å². The molecule has 2 heterocycles. The molecule has 26 heavy (non-hydrogen) atoms. The maximum atomic E-state index is 5.37. The minimum Gasteiger partial charge on any atom is -0.493 e. The molecule has 7 heteroatoms. The van der Waals surface area contributed by atoms with E-state index in [1.165, 1.54) is 0 Å². The van der Waals surface area contributed by atoms with Crippen LogP contribution >= 0.6 is 0 Å². The van der Waals surface area contributed by atoms with Crippen LogP contribution in [0.15, 0.2) is 36.5 Å². The van der Waals surface area contributed by atoms with Crippen LogP contribution in [-0.2, 0) is 0 Å². The molecule has 0 bridgehead atoms. The van der Waals surface area contributed by atoms with Crippen LogP contribution in [0.5, 0.6) is 11.5 Å². The lowest BCUT2D eigenvalue weighted by molar-refractivity contribution is 0.354. The van der Waals surface area contributed by atoms with Gasteiger partial charge in [-0.2, -0.15) is 10.1 Å². The van der Waals surface area contributed by atoms with Crippen molar-refractivity contribution < 1.29 is 9.47 Å². The SMILES string of the molecule is COc1ccc([C@H](C)Nc2nccc(-n3nc(C)cc3C)n2)cc1OC. The summed E-state index contributed by atoms with van der Waals surface area (Å²) in [5.41, 5.74) is 3.03. The van der Waals surface area contributed by atoms with Gasteiger partial charge in [0.1, 0.15) is 0 Å². The van der Waals surface area contributed by atoms with Gasteiger partial charge < -0.3 is 14.8 Å². The summed E-state index contributed by atoms with van der Waals surface area (Å²) in [5, 5.41) is 7.79. The van der Waals surface area contributed by atoms with Gasteiger partial charge in [-0.3, -0.25) is 0 Å². The third-order valence-electron chi connectivity index (χ3n) is 4.12. The van der Waals surface area contributed by atoms with Crippen molar-refractivity contribution in [3.05, 3.63) is 53.5 Å². The van der Waals surface area contributed by atoms with Crippen molar-refractivity contribution in [3.63, 3.8) is 0 Å². The summed E-state index contributed by atoms with van der Waals surface area (Å²) >= 11 is 0. The third kappa shape index (κ3) is 3.61.